The van der Waals surface area contributed by atoms with E-state index in [1.807, 2.05) is 24.3 Å². The van der Waals surface area contributed by atoms with Gasteiger partial charge >= 0.3 is 0 Å². The van der Waals surface area contributed by atoms with E-state index in [1.54, 1.807) is 12.4 Å². The van der Waals surface area contributed by atoms with Crippen molar-refractivity contribution in [2.45, 2.75) is 19.9 Å². The average molecular weight is 271 g/mol. The SMILES string of the molecule is Cc1ccccc1C(C)NC(=S)Nc1ccncc1. The fourth-order valence-electron chi connectivity index (χ4n) is 1.95. The molecule has 0 amide bonds. The van der Waals surface area contributed by atoms with Crippen LogP contribution in [0.1, 0.15) is 24.1 Å². The number of nitrogens with one attached hydrogen (secondary N) is 2. The number of thiocarbonyl (C=S) groups is 1. The van der Waals surface area contributed by atoms with Gasteiger partial charge in [-0.2, -0.15) is 0 Å². The lowest BCUT2D eigenvalue weighted by Crippen LogP contribution is -2.31. The molecule has 3 nitrogen and oxygen atoms in total. The molecule has 4 heteroatoms. The molecule has 2 aromatic rings. The monoisotopic (exact) mass is 271 g/mol. The van der Waals surface area contributed by atoms with Crippen LogP contribution >= 0.6 is 12.2 Å². The Balaban J connectivity index is 1.98. The van der Waals surface area contributed by atoms with Gasteiger partial charge in [-0.05, 0) is 49.3 Å². The van der Waals surface area contributed by atoms with Crippen LogP contribution in [0.5, 0.6) is 0 Å². The molecule has 1 aromatic heterocycles. The van der Waals surface area contributed by atoms with Crippen LogP contribution in [0.3, 0.4) is 0 Å². The van der Waals surface area contributed by atoms with Gasteiger partial charge in [-0.25, -0.2) is 0 Å². The first-order chi connectivity index (χ1) is 9.16. The minimum Gasteiger partial charge on any atom is -0.356 e. The predicted molar refractivity (Wildman–Crippen MR) is 83.2 cm³/mol. The Kier molecular flexibility index (Phi) is 4.47. The maximum absolute atomic E-state index is 5.31. The number of hydrogen-bond acceptors (Lipinski definition) is 2. The standard InChI is InChI=1S/C15H17N3S/c1-11-5-3-4-6-14(11)12(2)17-15(19)18-13-7-9-16-10-8-13/h3-10,12H,1-2H3,(H2,16,17,18,19). The van der Waals surface area contributed by atoms with Crippen molar-refractivity contribution in [2.75, 3.05) is 5.32 Å². The second kappa shape index (κ2) is 6.29. The van der Waals surface area contributed by atoms with Gasteiger partial charge in [-0.1, -0.05) is 24.3 Å². The summed E-state index contributed by atoms with van der Waals surface area (Å²) in [5.41, 5.74) is 3.44. The van der Waals surface area contributed by atoms with Crippen molar-refractivity contribution in [3.05, 3.63) is 59.9 Å². The Labute approximate surface area is 119 Å². The normalized spacial score (nSPS) is 11.7. The number of rotatable bonds is 3. The summed E-state index contributed by atoms with van der Waals surface area (Å²) in [4.78, 5) is 3.97. The highest BCUT2D eigenvalue weighted by Gasteiger charge is 2.08. The smallest absolute Gasteiger partial charge is 0.171 e. The molecule has 0 saturated carbocycles. The van der Waals surface area contributed by atoms with Crippen LogP contribution in [0.15, 0.2) is 48.8 Å². The molecule has 0 fully saturated rings. The van der Waals surface area contributed by atoms with Crippen LogP contribution in [0.25, 0.3) is 0 Å². The van der Waals surface area contributed by atoms with Crippen LogP contribution in [0, 0.1) is 6.92 Å². The topological polar surface area (TPSA) is 37.0 Å². The molecule has 0 bridgehead atoms. The third-order valence-corrected chi connectivity index (χ3v) is 3.16. The number of hydrogen-bond donors (Lipinski definition) is 2. The number of aryl methyl sites for hydroxylation is 1. The van der Waals surface area contributed by atoms with Crippen molar-refractivity contribution < 1.29 is 0 Å². The highest BCUT2D eigenvalue weighted by atomic mass is 32.1. The molecular formula is C15H17N3S. The maximum atomic E-state index is 5.31. The van der Waals surface area contributed by atoms with E-state index in [4.69, 9.17) is 12.2 Å². The van der Waals surface area contributed by atoms with Crippen molar-refractivity contribution in [3.63, 3.8) is 0 Å². The Morgan fingerprint density at radius 1 is 1.16 bits per heavy atom. The number of anilines is 1. The minimum absolute atomic E-state index is 0.169. The van der Waals surface area contributed by atoms with Crippen LogP contribution in [0.2, 0.25) is 0 Å². The fourth-order valence-corrected chi connectivity index (χ4v) is 2.24. The van der Waals surface area contributed by atoms with Gasteiger partial charge in [0.2, 0.25) is 0 Å². The maximum Gasteiger partial charge on any atom is 0.171 e. The molecule has 2 N–H and O–H groups in total. The van der Waals surface area contributed by atoms with Gasteiger partial charge in [0.15, 0.2) is 5.11 Å². The number of aromatic nitrogens is 1. The van der Waals surface area contributed by atoms with Crippen molar-refractivity contribution >= 4 is 23.0 Å². The average Bonchev–Trinajstić information content (AvgIpc) is 2.40. The summed E-state index contributed by atoms with van der Waals surface area (Å²) in [5, 5.41) is 7.04. The molecule has 1 unspecified atom stereocenters. The molecule has 2 rings (SSSR count). The van der Waals surface area contributed by atoms with Gasteiger partial charge in [-0.3, -0.25) is 4.98 Å². The first-order valence-electron chi connectivity index (χ1n) is 6.20. The lowest BCUT2D eigenvalue weighted by atomic mass is 10.0. The molecular weight excluding hydrogens is 254 g/mol. The molecule has 19 heavy (non-hydrogen) atoms. The highest BCUT2D eigenvalue weighted by Crippen LogP contribution is 2.16. The molecule has 0 aliphatic rings. The van der Waals surface area contributed by atoms with E-state index in [-0.39, 0.29) is 6.04 Å². The first-order valence-corrected chi connectivity index (χ1v) is 6.60. The minimum atomic E-state index is 0.169. The van der Waals surface area contributed by atoms with Gasteiger partial charge in [0.05, 0.1) is 6.04 Å². The van der Waals surface area contributed by atoms with Crippen LogP contribution in [-0.4, -0.2) is 10.1 Å². The van der Waals surface area contributed by atoms with E-state index in [0.29, 0.717) is 5.11 Å². The second-order valence-electron chi connectivity index (χ2n) is 4.41. The van der Waals surface area contributed by atoms with E-state index >= 15 is 0 Å². The van der Waals surface area contributed by atoms with Crippen LogP contribution in [0.4, 0.5) is 5.69 Å². The Hall–Kier alpha value is -1.94. The van der Waals surface area contributed by atoms with E-state index in [2.05, 4.69) is 41.6 Å². The largest absolute Gasteiger partial charge is 0.356 e. The summed E-state index contributed by atoms with van der Waals surface area (Å²) >= 11 is 5.31. The van der Waals surface area contributed by atoms with Crippen molar-refractivity contribution in [1.82, 2.24) is 10.3 Å². The molecule has 0 saturated heterocycles. The Morgan fingerprint density at radius 2 is 1.84 bits per heavy atom. The lowest BCUT2D eigenvalue weighted by Gasteiger charge is -2.19. The summed E-state index contributed by atoms with van der Waals surface area (Å²) in [6.45, 7) is 4.20. The Bertz CT molecular complexity index is 554. The van der Waals surface area contributed by atoms with Gasteiger partial charge in [-0.15, -0.1) is 0 Å². The zero-order valence-electron chi connectivity index (χ0n) is 11.1. The molecule has 0 aliphatic heterocycles. The number of benzene rings is 1. The van der Waals surface area contributed by atoms with Crippen LogP contribution in [-0.2, 0) is 0 Å². The zero-order valence-corrected chi connectivity index (χ0v) is 11.9. The van der Waals surface area contributed by atoms with Crippen molar-refractivity contribution in [1.29, 1.82) is 0 Å². The van der Waals surface area contributed by atoms with E-state index < -0.39 is 0 Å². The fraction of sp³-hybridized carbons (Fsp3) is 0.200. The van der Waals surface area contributed by atoms with Gasteiger partial charge in [0.25, 0.3) is 0 Å². The third-order valence-electron chi connectivity index (χ3n) is 2.94. The lowest BCUT2D eigenvalue weighted by molar-refractivity contribution is 0.717. The summed E-state index contributed by atoms with van der Waals surface area (Å²) in [5.74, 6) is 0. The summed E-state index contributed by atoms with van der Waals surface area (Å²) in [6.07, 6.45) is 3.46. The third kappa shape index (κ3) is 3.76. The number of pyridine rings is 1. The summed E-state index contributed by atoms with van der Waals surface area (Å²) < 4.78 is 0. The molecule has 1 heterocycles. The van der Waals surface area contributed by atoms with Crippen molar-refractivity contribution in [3.8, 4) is 0 Å². The van der Waals surface area contributed by atoms with E-state index in [1.165, 1.54) is 11.1 Å². The van der Waals surface area contributed by atoms with E-state index in [0.717, 1.165) is 5.69 Å². The van der Waals surface area contributed by atoms with Gasteiger partial charge in [0.1, 0.15) is 0 Å². The Morgan fingerprint density at radius 3 is 2.53 bits per heavy atom. The van der Waals surface area contributed by atoms with Gasteiger partial charge < -0.3 is 10.6 Å². The molecule has 0 radical (unpaired) electrons. The quantitative estimate of drug-likeness (QED) is 0.839. The molecule has 0 aliphatic carbocycles. The van der Waals surface area contributed by atoms with Crippen molar-refractivity contribution in [2.24, 2.45) is 0 Å². The molecule has 1 aromatic carbocycles. The molecule has 98 valence electrons. The van der Waals surface area contributed by atoms with Crippen LogP contribution < -0.4 is 10.6 Å². The van der Waals surface area contributed by atoms with Gasteiger partial charge in [0, 0.05) is 18.1 Å². The summed E-state index contributed by atoms with van der Waals surface area (Å²) in [6, 6.07) is 12.2. The number of nitrogens with zero attached hydrogens (tertiary/aromatic N) is 1. The second-order valence-corrected chi connectivity index (χ2v) is 4.82. The predicted octanol–water partition coefficient (Wildman–Crippen LogP) is 3.44. The molecule has 1 atom stereocenters. The first kappa shape index (κ1) is 13.5. The molecule has 0 spiro atoms. The summed E-state index contributed by atoms with van der Waals surface area (Å²) in [7, 11) is 0. The zero-order chi connectivity index (χ0) is 13.7. The van der Waals surface area contributed by atoms with E-state index in [9.17, 15) is 0 Å². The highest BCUT2D eigenvalue weighted by molar-refractivity contribution is 7.80.